The Labute approximate surface area is 107 Å². The molecule has 0 aliphatic heterocycles. The van der Waals surface area contributed by atoms with E-state index in [1.165, 1.54) is 0 Å². The number of carboxylic acids is 1. The molecule has 5 heteroatoms. The van der Waals surface area contributed by atoms with E-state index in [-0.39, 0.29) is 0 Å². The summed E-state index contributed by atoms with van der Waals surface area (Å²) in [6.45, 7) is 1.38. The van der Waals surface area contributed by atoms with Gasteiger partial charge in [-0.2, -0.15) is 5.10 Å². The fourth-order valence-electron chi connectivity index (χ4n) is 2.93. The van der Waals surface area contributed by atoms with E-state index in [1.807, 2.05) is 26.5 Å². The van der Waals surface area contributed by atoms with Crippen molar-refractivity contribution in [3.8, 4) is 0 Å². The van der Waals surface area contributed by atoms with Crippen molar-refractivity contribution in [3.05, 3.63) is 18.0 Å². The summed E-state index contributed by atoms with van der Waals surface area (Å²) in [4.78, 5) is 13.6. The van der Waals surface area contributed by atoms with Gasteiger partial charge in [0.25, 0.3) is 0 Å². The Morgan fingerprint density at radius 2 is 2.22 bits per heavy atom. The molecule has 1 heterocycles. The average molecular weight is 251 g/mol. The zero-order valence-corrected chi connectivity index (χ0v) is 11.1. The molecule has 0 radical (unpaired) electrons. The van der Waals surface area contributed by atoms with Crippen molar-refractivity contribution in [2.45, 2.75) is 32.2 Å². The highest BCUT2D eigenvalue weighted by atomic mass is 16.4. The molecule has 1 saturated carbocycles. The molecule has 1 aliphatic carbocycles. The van der Waals surface area contributed by atoms with Crippen molar-refractivity contribution in [3.63, 3.8) is 0 Å². The van der Waals surface area contributed by atoms with Gasteiger partial charge in [-0.25, -0.2) is 0 Å². The SMILES string of the molecule is CN(Cc1cnn(C)c1)CC1(C(=O)O)CCCC1. The van der Waals surface area contributed by atoms with Gasteiger partial charge in [0.15, 0.2) is 0 Å². The van der Waals surface area contributed by atoms with E-state index in [4.69, 9.17) is 0 Å². The summed E-state index contributed by atoms with van der Waals surface area (Å²) in [6.07, 6.45) is 7.48. The summed E-state index contributed by atoms with van der Waals surface area (Å²) in [5.74, 6) is -0.641. The normalized spacial score (nSPS) is 18.4. The zero-order chi connectivity index (χ0) is 13.2. The van der Waals surface area contributed by atoms with Crippen LogP contribution in [0.15, 0.2) is 12.4 Å². The van der Waals surface area contributed by atoms with Gasteiger partial charge < -0.3 is 10.0 Å². The van der Waals surface area contributed by atoms with E-state index < -0.39 is 11.4 Å². The summed E-state index contributed by atoms with van der Waals surface area (Å²) in [7, 11) is 3.87. The van der Waals surface area contributed by atoms with Crippen LogP contribution in [0.3, 0.4) is 0 Å². The standard InChI is InChI=1S/C13H21N3O2/c1-15(8-11-7-14-16(2)9-11)10-13(12(17)18)5-3-4-6-13/h7,9H,3-6,8,10H2,1-2H3,(H,17,18). The van der Waals surface area contributed by atoms with Crippen LogP contribution >= 0.6 is 0 Å². The van der Waals surface area contributed by atoms with Crippen molar-refractivity contribution in [2.75, 3.05) is 13.6 Å². The number of hydrogen-bond acceptors (Lipinski definition) is 3. The van der Waals surface area contributed by atoms with Gasteiger partial charge >= 0.3 is 5.97 Å². The lowest BCUT2D eigenvalue weighted by Gasteiger charge is -2.29. The first kappa shape index (κ1) is 13.1. The fraction of sp³-hybridized carbons (Fsp3) is 0.692. The third-order valence-corrected chi connectivity index (χ3v) is 3.80. The first-order chi connectivity index (χ1) is 8.52. The maximum absolute atomic E-state index is 11.5. The minimum Gasteiger partial charge on any atom is -0.481 e. The van der Waals surface area contributed by atoms with Crippen molar-refractivity contribution in [2.24, 2.45) is 12.5 Å². The van der Waals surface area contributed by atoms with Crippen LogP contribution in [0, 0.1) is 5.41 Å². The summed E-state index contributed by atoms with van der Waals surface area (Å²) in [6, 6.07) is 0. The highest BCUT2D eigenvalue weighted by molar-refractivity contribution is 5.75. The largest absolute Gasteiger partial charge is 0.481 e. The highest BCUT2D eigenvalue weighted by Gasteiger charge is 2.41. The molecule has 0 amide bonds. The van der Waals surface area contributed by atoms with E-state index in [1.54, 1.807) is 4.68 Å². The van der Waals surface area contributed by atoms with Gasteiger partial charge in [-0.3, -0.25) is 9.48 Å². The summed E-state index contributed by atoms with van der Waals surface area (Å²) in [5.41, 5.74) is 0.593. The van der Waals surface area contributed by atoms with Gasteiger partial charge in [0, 0.05) is 31.9 Å². The molecule has 0 aromatic carbocycles. The van der Waals surface area contributed by atoms with Gasteiger partial charge in [0.1, 0.15) is 0 Å². The predicted molar refractivity (Wildman–Crippen MR) is 68.1 cm³/mol. The average Bonchev–Trinajstić information content (AvgIpc) is 2.89. The molecule has 0 atom stereocenters. The van der Waals surface area contributed by atoms with Crippen LogP contribution in [-0.4, -0.2) is 39.3 Å². The lowest BCUT2D eigenvalue weighted by atomic mass is 9.86. The summed E-state index contributed by atoms with van der Waals surface area (Å²) >= 11 is 0. The monoisotopic (exact) mass is 251 g/mol. The van der Waals surface area contributed by atoms with Crippen molar-refractivity contribution in [1.29, 1.82) is 0 Å². The maximum Gasteiger partial charge on any atom is 0.310 e. The first-order valence-corrected chi connectivity index (χ1v) is 6.41. The number of carboxylic acid groups (broad SMARTS) is 1. The van der Waals surface area contributed by atoms with Crippen LogP contribution in [0.2, 0.25) is 0 Å². The topological polar surface area (TPSA) is 58.4 Å². The van der Waals surface area contributed by atoms with Crippen LogP contribution in [0.1, 0.15) is 31.2 Å². The Morgan fingerprint density at radius 1 is 1.56 bits per heavy atom. The molecule has 1 aliphatic rings. The molecule has 0 spiro atoms. The zero-order valence-electron chi connectivity index (χ0n) is 11.1. The number of aliphatic carboxylic acids is 1. The third-order valence-electron chi connectivity index (χ3n) is 3.80. The summed E-state index contributed by atoms with van der Waals surface area (Å²) < 4.78 is 1.77. The molecular weight excluding hydrogens is 230 g/mol. The molecule has 0 unspecified atom stereocenters. The van der Waals surface area contributed by atoms with Gasteiger partial charge in [-0.05, 0) is 19.9 Å². The number of aryl methyl sites for hydroxylation is 1. The number of aromatic nitrogens is 2. The lowest BCUT2D eigenvalue weighted by molar-refractivity contribution is -0.149. The first-order valence-electron chi connectivity index (χ1n) is 6.41. The smallest absolute Gasteiger partial charge is 0.310 e. The van der Waals surface area contributed by atoms with E-state index >= 15 is 0 Å². The molecule has 0 saturated heterocycles. The number of hydrogen-bond donors (Lipinski definition) is 1. The van der Waals surface area contributed by atoms with E-state index in [9.17, 15) is 9.90 Å². The quantitative estimate of drug-likeness (QED) is 0.861. The van der Waals surface area contributed by atoms with Crippen LogP contribution < -0.4 is 0 Å². The van der Waals surface area contributed by atoms with Crippen LogP contribution in [0.4, 0.5) is 0 Å². The molecule has 1 fully saturated rings. The van der Waals surface area contributed by atoms with Gasteiger partial charge in [0.2, 0.25) is 0 Å². The molecule has 100 valence electrons. The third kappa shape index (κ3) is 2.72. The molecule has 1 aromatic rings. The maximum atomic E-state index is 11.5. The van der Waals surface area contributed by atoms with Crippen molar-refractivity contribution >= 4 is 5.97 Å². The minimum atomic E-state index is -0.641. The number of carbonyl (C=O) groups is 1. The minimum absolute atomic E-state index is 0.531. The van der Waals surface area contributed by atoms with Crippen molar-refractivity contribution < 1.29 is 9.90 Å². The summed E-state index contributed by atoms with van der Waals surface area (Å²) in [5, 5.41) is 13.6. The van der Waals surface area contributed by atoms with Crippen molar-refractivity contribution in [1.82, 2.24) is 14.7 Å². The highest BCUT2D eigenvalue weighted by Crippen LogP contribution is 2.39. The van der Waals surface area contributed by atoms with Gasteiger partial charge in [-0.15, -0.1) is 0 Å². The number of rotatable bonds is 5. The second-order valence-corrected chi connectivity index (χ2v) is 5.49. The molecule has 0 bridgehead atoms. The van der Waals surface area contributed by atoms with Gasteiger partial charge in [0.05, 0.1) is 11.6 Å². The van der Waals surface area contributed by atoms with E-state index in [0.29, 0.717) is 6.54 Å². The van der Waals surface area contributed by atoms with E-state index in [0.717, 1.165) is 37.8 Å². The Hall–Kier alpha value is -1.36. The molecular formula is C13H21N3O2. The second-order valence-electron chi connectivity index (χ2n) is 5.49. The predicted octanol–water partition coefficient (Wildman–Crippen LogP) is 1.50. The van der Waals surface area contributed by atoms with Crippen LogP contribution in [-0.2, 0) is 18.4 Å². The second kappa shape index (κ2) is 5.10. The Bertz CT molecular complexity index is 422. The van der Waals surface area contributed by atoms with Crippen LogP contribution in [0.5, 0.6) is 0 Å². The number of nitrogens with zero attached hydrogens (tertiary/aromatic N) is 3. The molecule has 5 nitrogen and oxygen atoms in total. The molecule has 1 aromatic heterocycles. The van der Waals surface area contributed by atoms with E-state index in [2.05, 4.69) is 10.00 Å². The Balaban J connectivity index is 1.97. The Kier molecular flexibility index (Phi) is 3.71. The van der Waals surface area contributed by atoms with Crippen LogP contribution in [0.25, 0.3) is 0 Å². The molecule has 1 N–H and O–H groups in total. The molecule has 2 rings (SSSR count). The Morgan fingerprint density at radius 3 is 2.72 bits per heavy atom. The lowest BCUT2D eigenvalue weighted by Crippen LogP contribution is -2.39. The fourth-order valence-corrected chi connectivity index (χ4v) is 2.93. The molecule has 18 heavy (non-hydrogen) atoms. The van der Waals surface area contributed by atoms with Gasteiger partial charge in [-0.1, -0.05) is 12.8 Å².